The minimum atomic E-state index is -0.153. The quantitative estimate of drug-likeness (QED) is 0.910. The van der Waals surface area contributed by atoms with Crippen LogP contribution >= 0.6 is 0 Å². The Bertz CT molecular complexity index is 597. The Balaban J connectivity index is 1.69. The maximum Gasteiger partial charge on any atom is 0.292 e. The number of carbonyl (C=O) groups excluding carboxylic acids is 1. The maximum absolute atomic E-state index is 12.2. The molecule has 1 aliphatic carbocycles. The first-order chi connectivity index (χ1) is 9.15. The molecule has 0 spiro atoms. The summed E-state index contributed by atoms with van der Waals surface area (Å²) in [6, 6.07) is 1.76. The molecule has 6 heteroatoms. The van der Waals surface area contributed by atoms with Crippen LogP contribution < -0.4 is 0 Å². The molecule has 2 aromatic rings. The van der Waals surface area contributed by atoms with Crippen molar-refractivity contribution in [2.45, 2.75) is 32.2 Å². The standard InChI is InChI=1S/C13H16N4O2/c1-8-10(6-14-15-8)7-17(2)13(18)12-5-11(16-19-12)9-3-4-9/h5-6,9H,3-4,7H2,1-2H3,(H,14,15). The van der Waals surface area contributed by atoms with Gasteiger partial charge < -0.3 is 9.42 Å². The Hall–Kier alpha value is -2.11. The fourth-order valence-corrected chi connectivity index (χ4v) is 2.01. The number of nitrogens with one attached hydrogen (secondary N) is 1. The Morgan fingerprint density at radius 3 is 3.00 bits per heavy atom. The van der Waals surface area contributed by atoms with Crippen LogP contribution in [0.15, 0.2) is 16.8 Å². The van der Waals surface area contributed by atoms with Gasteiger partial charge >= 0.3 is 0 Å². The highest BCUT2D eigenvalue weighted by Gasteiger charge is 2.29. The highest BCUT2D eigenvalue weighted by atomic mass is 16.5. The van der Waals surface area contributed by atoms with E-state index in [4.69, 9.17) is 4.52 Å². The third-order valence-corrected chi connectivity index (χ3v) is 3.42. The number of amides is 1. The lowest BCUT2D eigenvalue weighted by atomic mass is 10.2. The van der Waals surface area contributed by atoms with Gasteiger partial charge in [-0.05, 0) is 19.8 Å². The van der Waals surface area contributed by atoms with Crippen molar-refractivity contribution in [3.63, 3.8) is 0 Å². The average molecular weight is 260 g/mol. The van der Waals surface area contributed by atoms with E-state index in [0.717, 1.165) is 29.8 Å². The van der Waals surface area contributed by atoms with Gasteiger partial charge in [0.05, 0.1) is 11.9 Å². The lowest BCUT2D eigenvalue weighted by Gasteiger charge is -2.14. The number of nitrogens with zero attached hydrogens (tertiary/aromatic N) is 3. The summed E-state index contributed by atoms with van der Waals surface area (Å²) in [7, 11) is 1.74. The molecule has 1 fully saturated rings. The van der Waals surface area contributed by atoms with Crippen molar-refractivity contribution in [2.24, 2.45) is 0 Å². The van der Waals surface area contributed by atoms with E-state index in [9.17, 15) is 4.79 Å². The van der Waals surface area contributed by atoms with Gasteiger partial charge in [0.25, 0.3) is 5.91 Å². The van der Waals surface area contributed by atoms with E-state index >= 15 is 0 Å². The molecule has 0 aromatic carbocycles. The molecule has 3 rings (SSSR count). The van der Waals surface area contributed by atoms with Gasteiger partial charge in [-0.1, -0.05) is 5.16 Å². The van der Waals surface area contributed by atoms with Crippen LogP contribution in [0.3, 0.4) is 0 Å². The summed E-state index contributed by atoms with van der Waals surface area (Å²) >= 11 is 0. The normalized spacial score (nSPS) is 14.6. The van der Waals surface area contributed by atoms with Gasteiger partial charge in [-0.3, -0.25) is 9.89 Å². The molecule has 6 nitrogen and oxygen atoms in total. The number of aromatic amines is 1. The van der Waals surface area contributed by atoms with Crippen molar-refractivity contribution in [3.8, 4) is 0 Å². The number of H-pyrrole nitrogens is 1. The third-order valence-electron chi connectivity index (χ3n) is 3.42. The van der Waals surface area contributed by atoms with Crippen molar-refractivity contribution in [1.29, 1.82) is 0 Å². The third kappa shape index (κ3) is 2.38. The second-order valence-electron chi connectivity index (χ2n) is 5.07. The molecule has 0 aliphatic heterocycles. The van der Waals surface area contributed by atoms with Crippen LogP contribution in [0.2, 0.25) is 0 Å². The molecule has 0 atom stereocenters. The second kappa shape index (κ2) is 4.53. The summed E-state index contributed by atoms with van der Waals surface area (Å²) in [6.07, 6.45) is 4.02. The molecule has 0 saturated heterocycles. The summed E-state index contributed by atoms with van der Waals surface area (Å²) in [6.45, 7) is 2.43. The molecule has 1 saturated carbocycles. The summed E-state index contributed by atoms with van der Waals surface area (Å²) in [5, 5.41) is 10.8. The predicted octanol–water partition coefficient (Wildman–Crippen LogP) is 1.86. The number of carbonyl (C=O) groups is 1. The fraction of sp³-hybridized carbons (Fsp3) is 0.462. The first-order valence-corrected chi connectivity index (χ1v) is 6.36. The van der Waals surface area contributed by atoms with E-state index < -0.39 is 0 Å². The highest BCUT2D eigenvalue weighted by Crippen LogP contribution is 2.39. The first-order valence-electron chi connectivity index (χ1n) is 6.36. The van der Waals surface area contributed by atoms with Crippen molar-refractivity contribution in [1.82, 2.24) is 20.3 Å². The molecule has 1 amide bonds. The zero-order valence-electron chi connectivity index (χ0n) is 11.0. The van der Waals surface area contributed by atoms with Gasteiger partial charge in [0.1, 0.15) is 0 Å². The summed E-state index contributed by atoms with van der Waals surface area (Å²) in [5.74, 6) is 0.650. The molecule has 1 N–H and O–H groups in total. The first kappa shape index (κ1) is 12.0. The molecule has 100 valence electrons. The van der Waals surface area contributed by atoms with E-state index in [2.05, 4.69) is 15.4 Å². The number of rotatable bonds is 4. The van der Waals surface area contributed by atoms with Crippen molar-refractivity contribution in [2.75, 3.05) is 7.05 Å². The zero-order valence-corrected chi connectivity index (χ0v) is 11.0. The van der Waals surface area contributed by atoms with E-state index in [1.807, 2.05) is 6.92 Å². The van der Waals surface area contributed by atoms with Gasteiger partial charge in [0, 0.05) is 36.8 Å². The van der Waals surface area contributed by atoms with Crippen molar-refractivity contribution < 1.29 is 9.32 Å². The Morgan fingerprint density at radius 2 is 2.37 bits per heavy atom. The highest BCUT2D eigenvalue weighted by molar-refractivity contribution is 5.91. The van der Waals surface area contributed by atoms with Gasteiger partial charge in [0.15, 0.2) is 0 Å². The van der Waals surface area contributed by atoms with Gasteiger partial charge in [-0.2, -0.15) is 5.10 Å². The van der Waals surface area contributed by atoms with E-state index in [-0.39, 0.29) is 5.91 Å². The number of aryl methyl sites for hydroxylation is 1. The Kier molecular flexibility index (Phi) is 2.85. The fourth-order valence-electron chi connectivity index (χ4n) is 2.01. The van der Waals surface area contributed by atoms with Crippen molar-refractivity contribution >= 4 is 5.91 Å². The Morgan fingerprint density at radius 1 is 1.58 bits per heavy atom. The minimum Gasteiger partial charge on any atom is -0.351 e. The average Bonchev–Trinajstić information content (AvgIpc) is 3.00. The van der Waals surface area contributed by atoms with E-state index in [0.29, 0.717) is 18.2 Å². The summed E-state index contributed by atoms with van der Waals surface area (Å²) in [5.41, 5.74) is 2.87. The van der Waals surface area contributed by atoms with Crippen LogP contribution in [0.4, 0.5) is 0 Å². The zero-order chi connectivity index (χ0) is 13.4. The Labute approximate surface area is 110 Å². The molecular formula is C13H16N4O2. The summed E-state index contributed by atoms with van der Waals surface area (Å²) in [4.78, 5) is 13.8. The van der Waals surface area contributed by atoms with E-state index in [1.165, 1.54) is 0 Å². The van der Waals surface area contributed by atoms with Crippen molar-refractivity contribution in [3.05, 3.63) is 35.0 Å². The molecular weight excluding hydrogens is 244 g/mol. The second-order valence-corrected chi connectivity index (χ2v) is 5.07. The largest absolute Gasteiger partial charge is 0.351 e. The number of aromatic nitrogens is 3. The van der Waals surface area contributed by atoms with Crippen LogP contribution in [0.5, 0.6) is 0 Å². The molecule has 0 bridgehead atoms. The smallest absolute Gasteiger partial charge is 0.292 e. The molecule has 19 heavy (non-hydrogen) atoms. The SMILES string of the molecule is Cc1[nH]ncc1CN(C)C(=O)c1cc(C2CC2)no1. The molecule has 2 aromatic heterocycles. The lowest BCUT2D eigenvalue weighted by molar-refractivity contribution is 0.0743. The topological polar surface area (TPSA) is 75.0 Å². The van der Waals surface area contributed by atoms with Gasteiger partial charge in [0.2, 0.25) is 5.76 Å². The van der Waals surface area contributed by atoms with Crippen LogP contribution in [0.1, 0.15) is 46.3 Å². The van der Waals surface area contributed by atoms with Crippen LogP contribution in [0.25, 0.3) is 0 Å². The van der Waals surface area contributed by atoms with Gasteiger partial charge in [-0.25, -0.2) is 0 Å². The predicted molar refractivity (Wildman–Crippen MR) is 67.6 cm³/mol. The molecule has 0 radical (unpaired) electrons. The van der Waals surface area contributed by atoms with E-state index in [1.54, 1.807) is 24.2 Å². The van der Waals surface area contributed by atoms with Crippen LogP contribution in [0, 0.1) is 6.92 Å². The minimum absolute atomic E-state index is 0.153. The lowest BCUT2D eigenvalue weighted by Crippen LogP contribution is -2.25. The van der Waals surface area contributed by atoms with Gasteiger partial charge in [-0.15, -0.1) is 0 Å². The monoisotopic (exact) mass is 260 g/mol. The molecule has 2 heterocycles. The van der Waals surface area contributed by atoms with Crippen LogP contribution in [-0.4, -0.2) is 33.2 Å². The maximum atomic E-state index is 12.2. The number of hydrogen-bond donors (Lipinski definition) is 1. The molecule has 1 aliphatic rings. The van der Waals surface area contributed by atoms with Crippen LogP contribution in [-0.2, 0) is 6.54 Å². The molecule has 0 unspecified atom stereocenters. The number of hydrogen-bond acceptors (Lipinski definition) is 4. The summed E-state index contributed by atoms with van der Waals surface area (Å²) < 4.78 is 5.13.